The van der Waals surface area contributed by atoms with E-state index >= 15 is 0 Å². The average molecular weight is 313 g/mol. The molecule has 4 heteroatoms. The maximum absolute atomic E-state index is 9.46. The predicted octanol–water partition coefficient (Wildman–Crippen LogP) is 4.39. The van der Waals surface area contributed by atoms with E-state index in [4.69, 9.17) is 16.3 Å². The summed E-state index contributed by atoms with van der Waals surface area (Å²) in [5.41, 5.74) is 1.53. The van der Waals surface area contributed by atoms with Gasteiger partial charge >= 0.3 is 0 Å². The summed E-state index contributed by atoms with van der Waals surface area (Å²) in [6, 6.07) is 19.9. The van der Waals surface area contributed by atoms with Crippen LogP contribution in [0.1, 0.15) is 18.4 Å². The van der Waals surface area contributed by atoms with Crippen molar-refractivity contribution in [3.05, 3.63) is 65.2 Å². The van der Waals surface area contributed by atoms with Crippen molar-refractivity contribution in [2.24, 2.45) is 0 Å². The molecular formula is C18H17ClN2O. The third kappa shape index (κ3) is 3.41. The molecule has 0 aliphatic heterocycles. The summed E-state index contributed by atoms with van der Waals surface area (Å²) in [4.78, 5) is 0. The van der Waals surface area contributed by atoms with Gasteiger partial charge in [0, 0.05) is 23.6 Å². The molecule has 3 nitrogen and oxygen atoms in total. The van der Waals surface area contributed by atoms with Gasteiger partial charge in [-0.25, -0.2) is 0 Å². The number of hydrogen-bond acceptors (Lipinski definition) is 3. The van der Waals surface area contributed by atoms with Crippen molar-refractivity contribution in [2.45, 2.75) is 31.1 Å². The highest BCUT2D eigenvalue weighted by atomic mass is 35.5. The molecule has 1 fully saturated rings. The van der Waals surface area contributed by atoms with Gasteiger partial charge in [-0.3, -0.25) is 0 Å². The molecule has 0 radical (unpaired) electrons. The fraction of sp³-hybridized carbons (Fsp3) is 0.278. The minimum absolute atomic E-state index is 0.125. The van der Waals surface area contributed by atoms with Crippen molar-refractivity contribution in [3.8, 4) is 6.07 Å². The molecule has 3 rings (SSSR count). The van der Waals surface area contributed by atoms with Crippen molar-refractivity contribution in [1.29, 1.82) is 5.26 Å². The Morgan fingerprint density at radius 1 is 1.14 bits per heavy atom. The van der Waals surface area contributed by atoms with Gasteiger partial charge in [-0.2, -0.15) is 5.26 Å². The highest BCUT2D eigenvalue weighted by Crippen LogP contribution is 2.37. The van der Waals surface area contributed by atoms with Crippen molar-refractivity contribution in [3.63, 3.8) is 0 Å². The number of halogens is 1. The first kappa shape index (κ1) is 14.9. The third-order valence-electron chi connectivity index (χ3n) is 3.92. The summed E-state index contributed by atoms with van der Waals surface area (Å²) in [7, 11) is 0. The zero-order valence-electron chi connectivity index (χ0n) is 12.1. The van der Waals surface area contributed by atoms with Gasteiger partial charge in [0.15, 0.2) is 0 Å². The molecule has 112 valence electrons. The molecule has 0 bridgehead atoms. The number of anilines is 1. The van der Waals surface area contributed by atoms with Crippen LogP contribution in [-0.2, 0) is 11.3 Å². The minimum Gasteiger partial charge on any atom is -0.373 e. The first-order chi connectivity index (χ1) is 10.7. The van der Waals surface area contributed by atoms with Crippen LogP contribution in [0, 0.1) is 11.3 Å². The smallest absolute Gasteiger partial charge is 0.130 e. The van der Waals surface area contributed by atoms with E-state index in [1.807, 2.05) is 54.6 Å². The summed E-state index contributed by atoms with van der Waals surface area (Å²) in [6.07, 6.45) is 1.51. The maximum Gasteiger partial charge on any atom is 0.130 e. The second-order valence-corrected chi connectivity index (χ2v) is 6.09. The third-order valence-corrected chi connectivity index (χ3v) is 4.17. The molecule has 0 saturated heterocycles. The van der Waals surface area contributed by atoms with Gasteiger partial charge in [0.25, 0.3) is 0 Å². The summed E-state index contributed by atoms with van der Waals surface area (Å²) < 4.78 is 5.87. The van der Waals surface area contributed by atoms with Crippen LogP contribution < -0.4 is 5.32 Å². The normalized spacial score (nSPS) is 23.4. The van der Waals surface area contributed by atoms with Gasteiger partial charge in [0.1, 0.15) is 5.54 Å². The van der Waals surface area contributed by atoms with Crippen LogP contribution in [0.15, 0.2) is 54.6 Å². The Morgan fingerprint density at radius 2 is 1.82 bits per heavy atom. The largest absolute Gasteiger partial charge is 0.373 e. The lowest BCUT2D eigenvalue weighted by Crippen LogP contribution is -2.52. The Kier molecular flexibility index (Phi) is 4.33. The standard InChI is InChI=1S/C18H17ClN2O/c19-15-6-8-16(9-7-15)21-18(13-20)10-17(11-18)22-12-14-4-2-1-3-5-14/h1-9,17,21H,10-12H2. The van der Waals surface area contributed by atoms with Gasteiger partial charge in [-0.15, -0.1) is 0 Å². The molecule has 1 aliphatic rings. The second kappa shape index (κ2) is 6.39. The fourth-order valence-electron chi connectivity index (χ4n) is 2.65. The maximum atomic E-state index is 9.46. The Morgan fingerprint density at radius 3 is 2.45 bits per heavy atom. The number of hydrogen-bond donors (Lipinski definition) is 1. The quantitative estimate of drug-likeness (QED) is 0.890. The SMILES string of the molecule is N#CC1(Nc2ccc(Cl)cc2)CC(OCc2ccccc2)C1. The Bertz CT molecular complexity index is 658. The van der Waals surface area contributed by atoms with E-state index in [0.29, 0.717) is 24.5 Å². The first-order valence-corrected chi connectivity index (χ1v) is 7.67. The molecule has 1 saturated carbocycles. The summed E-state index contributed by atoms with van der Waals surface area (Å²) >= 11 is 5.87. The molecule has 0 aromatic heterocycles. The van der Waals surface area contributed by atoms with Crippen LogP contribution in [0.5, 0.6) is 0 Å². The molecule has 0 heterocycles. The number of rotatable bonds is 5. The zero-order valence-corrected chi connectivity index (χ0v) is 12.9. The summed E-state index contributed by atoms with van der Waals surface area (Å²) in [5, 5.41) is 13.4. The lowest BCUT2D eigenvalue weighted by molar-refractivity contribution is -0.0307. The van der Waals surface area contributed by atoms with E-state index in [2.05, 4.69) is 11.4 Å². The van der Waals surface area contributed by atoms with Crippen LogP contribution in [0.25, 0.3) is 0 Å². The lowest BCUT2D eigenvalue weighted by Gasteiger charge is -2.43. The molecule has 0 atom stereocenters. The van der Waals surface area contributed by atoms with Crippen LogP contribution in [0.4, 0.5) is 5.69 Å². The molecule has 2 aromatic carbocycles. The van der Waals surface area contributed by atoms with E-state index in [0.717, 1.165) is 11.3 Å². The zero-order chi connectivity index (χ0) is 15.4. The number of nitrogens with zero attached hydrogens (tertiary/aromatic N) is 1. The fourth-order valence-corrected chi connectivity index (χ4v) is 2.78. The van der Waals surface area contributed by atoms with Crippen molar-refractivity contribution >= 4 is 17.3 Å². The van der Waals surface area contributed by atoms with Crippen molar-refractivity contribution in [2.75, 3.05) is 5.32 Å². The van der Waals surface area contributed by atoms with E-state index in [-0.39, 0.29) is 6.10 Å². The average Bonchev–Trinajstić information content (AvgIpc) is 2.52. The predicted molar refractivity (Wildman–Crippen MR) is 87.7 cm³/mol. The second-order valence-electron chi connectivity index (χ2n) is 5.65. The monoisotopic (exact) mass is 312 g/mol. The molecule has 2 aromatic rings. The Labute approximate surface area is 135 Å². The molecule has 0 unspecified atom stereocenters. The van der Waals surface area contributed by atoms with Crippen molar-refractivity contribution < 1.29 is 4.74 Å². The van der Waals surface area contributed by atoms with Crippen LogP contribution in [0.2, 0.25) is 5.02 Å². The molecule has 22 heavy (non-hydrogen) atoms. The molecule has 0 amide bonds. The molecular weight excluding hydrogens is 296 g/mol. The van der Waals surface area contributed by atoms with E-state index in [9.17, 15) is 5.26 Å². The Hall–Kier alpha value is -2.02. The molecule has 1 N–H and O–H groups in total. The summed E-state index contributed by atoms with van der Waals surface area (Å²) in [6.45, 7) is 0.591. The highest BCUT2D eigenvalue weighted by molar-refractivity contribution is 6.30. The number of nitriles is 1. The summed E-state index contributed by atoms with van der Waals surface area (Å²) in [5.74, 6) is 0. The van der Waals surface area contributed by atoms with Gasteiger partial charge in [0.2, 0.25) is 0 Å². The van der Waals surface area contributed by atoms with E-state index < -0.39 is 5.54 Å². The van der Waals surface area contributed by atoms with Crippen LogP contribution >= 0.6 is 11.6 Å². The number of benzene rings is 2. The van der Waals surface area contributed by atoms with Gasteiger partial charge in [0.05, 0.1) is 18.8 Å². The minimum atomic E-state index is -0.533. The Balaban J connectivity index is 1.53. The number of nitrogens with one attached hydrogen (secondary N) is 1. The van der Waals surface area contributed by atoms with E-state index in [1.54, 1.807) is 0 Å². The van der Waals surface area contributed by atoms with Crippen LogP contribution in [0.3, 0.4) is 0 Å². The van der Waals surface area contributed by atoms with Gasteiger partial charge in [-0.1, -0.05) is 41.9 Å². The first-order valence-electron chi connectivity index (χ1n) is 7.30. The number of ether oxygens (including phenoxy) is 1. The molecule has 0 spiro atoms. The topological polar surface area (TPSA) is 45.0 Å². The highest BCUT2D eigenvalue weighted by Gasteiger charge is 2.45. The van der Waals surface area contributed by atoms with E-state index in [1.165, 1.54) is 0 Å². The van der Waals surface area contributed by atoms with Crippen LogP contribution in [-0.4, -0.2) is 11.6 Å². The van der Waals surface area contributed by atoms with Crippen molar-refractivity contribution in [1.82, 2.24) is 0 Å². The lowest BCUT2D eigenvalue weighted by atomic mass is 9.75. The van der Waals surface area contributed by atoms with Gasteiger partial charge in [-0.05, 0) is 29.8 Å². The molecule has 1 aliphatic carbocycles. The van der Waals surface area contributed by atoms with Gasteiger partial charge < -0.3 is 10.1 Å².